The Morgan fingerprint density at radius 2 is 1.66 bits per heavy atom. The summed E-state index contributed by atoms with van der Waals surface area (Å²) in [6.07, 6.45) is 1.13. The monoisotopic (exact) mass is 400 g/mol. The fraction of sp³-hybridized carbons (Fsp3) is 0.450. The van der Waals surface area contributed by atoms with Crippen LogP contribution in [-0.4, -0.2) is 37.4 Å². The lowest BCUT2D eigenvalue weighted by Gasteiger charge is -2.34. The van der Waals surface area contributed by atoms with E-state index in [0.29, 0.717) is 47.3 Å². The number of methoxy groups -OCH3 is 3. The quantitative estimate of drug-likeness (QED) is 0.799. The molecule has 9 heteroatoms. The Labute approximate surface area is 168 Å². The summed E-state index contributed by atoms with van der Waals surface area (Å²) in [7, 11) is 4.70. The van der Waals surface area contributed by atoms with Gasteiger partial charge in [0.25, 0.3) is 0 Å². The molecule has 0 bridgehead atoms. The van der Waals surface area contributed by atoms with E-state index in [1.54, 1.807) is 27.4 Å². The Morgan fingerprint density at radius 1 is 1.00 bits per heavy atom. The molecule has 2 N–H and O–H groups in total. The zero-order valence-electron chi connectivity index (χ0n) is 17.1. The Kier molecular flexibility index (Phi) is 4.60. The number of Topliss-reactive ketones (excluding diaryl/α,β-unsaturated/α-hetero) is 1. The van der Waals surface area contributed by atoms with E-state index in [0.717, 1.165) is 11.3 Å². The van der Waals surface area contributed by atoms with Gasteiger partial charge in [-0.05, 0) is 28.2 Å². The first-order chi connectivity index (χ1) is 13.9. The molecule has 2 heterocycles. The molecule has 0 unspecified atom stereocenters. The Hall–Kier alpha value is -3.23. The second kappa shape index (κ2) is 6.98. The van der Waals surface area contributed by atoms with Gasteiger partial charge in [0.1, 0.15) is 5.75 Å². The van der Waals surface area contributed by atoms with Crippen LogP contribution in [0.3, 0.4) is 0 Å². The molecule has 1 aliphatic carbocycles. The molecular formula is C20H24N4O5. The van der Waals surface area contributed by atoms with E-state index in [4.69, 9.17) is 18.8 Å². The first-order valence-electron chi connectivity index (χ1n) is 9.29. The highest BCUT2D eigenvalue weighted by atomic mass is 16.6. The summed E-state index contributed by atoms with van der Waals surface area (Å²) in [5.41, 5.74) is 1.99. The SMILES string of the molecule is COc1cc(OC)c([C@@H]2Nc3nonc3NC3=C2C(=O)CC(C)(C)C3)cc1OC. The first-order valence-corrected chi connectivity index (χ1v) is 9.29. The molecule has 9 nitrogen and oxygen atoms in total. The van der Waals surface area contributed by atoms with Crippen LogP contribution < -0.4 is 24.8 Å². The first kappa shape index (κ1) is 19.1. The average Bonchev–Trinajstić information content (AvgIpc) is 3.05. The molecule has 0 saturated carbocycles. The van der Waals surface area contributed by atoms with Gasteiger partial charge in [-0.2, -0.15) is 0 Å². The second-order valence-electron chi connectivity index (χ2n) is 7.95. The minimum Gasteiger partial charge on any atom is -0.496 e. The smallest absolute Gasteiger partial charge is 0.219 e. The van der Waals surface area contributed by atoms with Crippen LogP contribution in [0.15, 0.2) is 28.0 Å². The van der Waals surface area contributed by atoms with Gasteiger partial charge in [-0.15, -0.1) is 0 Å². The van der Waals surface area contributed by atoms with Crippen LogP contribution >= 0.6 is 0 Å². The highest BCUT2D eigenvalue weighted by Gasteiger charge is 2.40. The third-order valence-corrected chi connectivity index (χ3v) is 5.29. The highest BCUT2D eigenvalue weighted by Crippen LogP contribution is 2.47. The summed E-state index contributed by atoms with van der Waals surface area (Å²) in [6, 6.07) is 3.03. The summed E-state index contributed by atoms with van der Waals surface area (Å²) in [5, 5.41) is 14.4. The summed E-state index contributed by atoms with van der Waals surface area (Å²) in [5.74, 6) is 2.56. The standard InChI is InChI=1S/C20H24N4O5/c1-20(2)8-11-16(12(25)9-20)17(22-19-18(21-11)23-29-24-19)10-6-14(27-4)15(28-5)7-13(10)26-3/h6-7,17H,8-9H2,1-5H3,(H,21,23)(H,22,24)/t17-/m0/s1. The van der Waals surface area contributed by atoms with Crippen molar-refractivity contribution < 1.29 is 23.6 Å². The Morgan fingerprint density at radius 3 is 2.34 bits per heavy atom. The van der Waals surface area contributed by atoms with Crippen LogP contribution in [0, 0.1) is 5.41 Å². The van der Waals surface area contributed by atoms with E-state index in [9.17, 15) is 4.79 Å². The maximum Gasteiger partial charge on any atom is 0.219 e. The third-order valence-electron chi connectivity index (χ3n) is 5.29. The molecule has 4 rings (SSSR count). The molecule has 1 aliphatic heterocycles. The Bertz CT molecular complexity index is 995. The van der Waals surface area contributed by atoms with Crippen molar-refractivity contribution in [3.63, 3.8) is 0 Å². The fourth-order valence-electron chi connectivity index (χ4n) is 4.01. The number of nitrogens with one attached hydrogen (secondary N) is 2. The summed E-state index contributed by atoms with van der Waals surface area (Å²) in [6.45, 7) is 4.14. The summed E-state index contributed by atoms with van der Waals surface area (Å²) < 4.78 is 21.4. The number of allylic oxidation sites excluding steroid dienone is 1. The molecule has 0 amide bonds. The molecule has 1 aromatic heterocycles. The zero-order chi connectivity index (χ0) is 20.8. The highest BCUT2D eigenvalue weighted by molar-refractivity contribution is 6.00. The number of fused-ring (bicyclic) bond motifs is 1. The van der Waals surface area contributed by atoms with Crippen molar-refractivity contribution in [1.82, 2.24) is 10.3 Å². The van der Waals surface area contributed by atoms with Crippen LogP contribution in [0.2, 0.25) is 0 Å². The maximum absolute atomic E-state index is 13.2. The number of carbonyl (C=O) groups excluding carboxylic acids is 1. The molecule has 0 radical (unpaired) electrons. The zero-order valence-corrected chi connectivity index (χ0v) is 17.1. The molecule has 2 aromatic rings. The molecule has 0 spiro atoms. The molecule has 1 aromatic carbocycles. The van der Waals surface area contributed by atoms with Crippen molar-refractivity contribution in [2.45, 2.75) is 32.7 Å². The van der Waals surface area contributed by atoms with Crippen LogP contribution in [0.5, 0.6) is 17.2 Å². The van der Waals surface area contributed by atoms with Gasteiger partial charge in [-0.1, -0.05) is 13.8 Å². The van der Waals surface area contributed by atoms with Gasteiger partial charge >= 0.3 is 0 Å². The average molecular weight is 400 g/mol. The van der Waals surface area contributed by atoms with Crippen LogP contribution in [0.1, 0.15) is 38.3 Å². The van der Waals surface area contributed by atoms with Crippen molar-refractivity contribution in [2.75, 3.05) is 32.0 Å². The number of carbonyl (C=O) groups is 1. The summed E-state index contributed by atoms with van der Waals surface area (Å²) >= 11 is 0. The van der Waals surface area contributed by atoms with Crippen molar-refractivity contribution in [1.29, 1.82) is 0 Å². The van der Waals surface area contributed by atoms with Crippen molar-refractivity contribution in [3.05, 3.63) is 29.0 Å². The third kappa shape index (κ3) is 3.26. The molecule has 29 heavy (non-hydrogen) atoms. The van der Waals surface area contributed by atoms with Crippen molar-refractivity contribution in [3.8, 4) is 17.2 Å². The lowest BCUT2D eigenvalue weighted by Crippen LogP contribution is -2.31. The topological polar surface area (TPSA) is 108 Å². The van der Waals surface area contributed by atoms with Gasteiger partial charge in [0.05, 0.1) is 27.4 Å². The van der Waals surface area contributed by atoms with E-state index in [1.165, 1.54) is 0 Å². The number of benzene rings is 1. The lowest BCUT2D eigenvalue weighted by atomic mass is 9.73. The minimum atomic E-state index is -0.524. The number of hydrogen-bond acceptors (Lipinski definition) is 9. The van der Waals surface area contributed by atoms with E-state index < -0.39 is 6.04 Å². The number of anilines is 2. The molecule has 0 saturated heterocycles. The maximum atomic E-state index is 13.2. The molecule has 2 aliphatic rings. The van der Waals surface area contributed by atoms with Gasteiger partial charge in [0.2, 0.25) is 11.6 Å². The van der Waals surface area contributed by atoms with Crippen LogP contribution in [-0.2, 0) is 4.79 Å². The molecular weight excluding hydrogens is 376 g/mol. The van der Waals surface area contributed by atoms with E-state index >= 15 is 0 Å². The van der Waals surface area contributed by atoms with Gasteiger partial charge in [0.15, 0.2) is 17.3 Å². The van der Waals surface area contributed by atoms with E-state index in [2.05, 4.69) is 34.8 Å². The number of rotatable bonds is 4. The number of hydrogen-bond donors (Lipinski definition) is 2. The summed E-state index contributed by atoms with van der Waals surface area (Å²) in [4.78, 5) is 13.2. The van der Waals surface area contributed by atoms with Crippen LogP contribution in [0.25, 0.3) is 0 Å². The van der Waals surface area contributed by atoms with Gasteiger partial charge < -0.3 is 24.8 Å². The Balaban J connectivity index is 1.93. The normalized spacial score (nSPS) is 20.0. The van der Waals surface area contributed by atoms with Gasteiger partial charge in [-0.25, -0.2) is 4.63 Å². The van der Waals surface area contributed by atoms with Gasteiger partial charge in [-0.3, -0.25) is 4.79 Å². The largest absolute Gasteiger partial charge is 0.496 e. The molecule has 0 fully saturated rings. The number of aromatic nitrogens is 2. The van der Waals surface area contributed by atoms with Gasteiger partial charge in [0, 0.05) is 29.3 Å². The number of ether oxygens (including phenoxy) is 3. The predicted molar refractivity (Wildman–Crippen MR) is 105 cm³/mol. The van der Waals surface area contributed by atoms with Crippen molar-refractivity contribution >= 4 is 17.4 Å². The van der Waals surface area contributed by atoms with Crippen molar-refractivity contribution in [2.24, 2.45) is 5.41 Å². The number of ketones is 1. The number of nitrogens with zero attached hydrogens (tertiary/aromatic N) is 2. The predicted octanol–water partition coefficient (Wildman–Crippen LogP) is 3.32. The fourth-order valence-corrected chi connectivity index (χ4v) is 4.01. The second-order valence-corrected chi connectivity index (χ2v) is 7.95. The van der Waals surface area contributed by atoms with E-state index in [1.807, 2.05) is 6.07 Å². The van der Waals surface area contributed by atoms with Crippen LogP contribution in [0.4, 0.5) is 11.6 Å². The minimum absolute atomic E-state index is 0.0557. The van der Waals surface area contributed by atoms with E-state index in [-0.39, 0.29) is 11.2 Å². The molecule has 154 valence electrons. The lowest BCUT2D eigenvalue weighted by molar-refractivity contribution is -0.118. The molecule has 1 atom stereocenters.